The molecule has 2 saturated heterocycles. The topological polar surface area (TPSA) is 21.7 Å². The van der Waals surface area contributed by atoms with E-state index in [1.54, 1.807) is 0 Å². The van der Waals surface area contributed by atoms with E-state index in [0.29, 0.717) is 0 Å². The zero-order valence-electron chi connectivity index (χ0n) is 13.9. The molecule has 0 radical (unpaired) electrons. The molecule has 114 valence electrons. The van der Waals surface area contributed by atoms with Gasteiger partial charge in [-0.05, 0) is 65.2 Å². The molecule has 0 unspecified atom stereocenters. The predicted octanol–water partition coefficient (Wildman–Crippen LogP) is 2.50. The van der Waals surface area contributed by atoms with Crippen LogP contribution in [0.1, 0.15) is 45.2 Å². The number of likely N-dealkylation sites (tertiary alicyclic amines) is 1. The number of hydrogen-bond donors (Lipinski definition) is 0. The first kappa shape index (κ1) is 15.1. The minimum atomic E-state index is -0.280. The van der Waals surface area contributed by atoms with E-state index in [9.17, 15) is 0 Å². The Morgan fingerprint density at radius 2 is 1.71 bits per heavy atom. The maximum Gasteiger partial charge on any atom is 0.495 e. The van der Waals surface area contributed by atoms with E-state index in [0.717, 1.165) is 6.54 Å². The molecule has 0 bridgehead atoms. The molecule has 2 aliphatic heterocycles. The average Bonchev–Trinajstić information content (AvgIpc) is 2.55. The van der Waals surface area contributed by atoms with Gasteiger partial charge in [0, 0.05) is 6.54 Å². The number of benzene rings is 1. The molecule has 0 aliphatic carbocycles. The van der Waals surface area contributed by atoms with Crippen molar-refractivity contribution in [2.75, 3.05) is 13.1 Å². The van der Waals surface area contributed by atoms with Gasteiger partial charge in [0.1, 0.15) is 0 Å². The number of rotatable bonds is 3. The summed E-state index contributed by atoms with van der Waals surface area (Å²) < 4.78 is 12.4. The molecule has 4 heteroatoms. The molecule has 21 heavy (non-hydrogen) atoms. The van der Waals surface area contributed by atoms with Gasteiger partial charge >= 0.3 is 7.12 Å². The lowest BCUT2D eigenvalue weighted by Gasteiger charge is -2.32. The Morgan fingerprint density at radius 1 is 1.10 bits per heavy atom. The average molecular weight is 287 g/mol. The Morgan fingerprint density at radius 3 is 2.24 bits per heavy atom. The minimum Gasteiger partial charge on any atom is -0.399 e. The molecule has 1 aromatic carbocycles. The van der Waals surface area contributed by atoms with Crippen LogP contribution in [-0.4, -0.2) is 36.3 Å². The van der Waals surface area contributed by atoms with Gasteiger partial charge in [-0.15, -0.1) is 0 Å². The normalized spacial score (nSPS) is 24.1. The van der Waals surface area contributed by atoms with Gasteiger partial charge in [0.15, 0.2) is 0 Å². The highest BCUT2D eigenvalue weighted by Crippen LogP contribution is 2.36. The summed E-state index contributed by atoms with van der Waals surface area (Å²) in [6.07, 6.45) is 1.33. The van der Waals surface area contributed by atoms with Crippen molar-refractivity contribution in [3.05, 3.63) is 29.3 Å². The van der Waals surface area contributed by atoms with E-state index >= 15 is 0 Å². The summed E-state index contributed by atoms with van der Waals surface area (Å²) in [6, 6.07) is 6.67. The van der Waals surface area contributed by atoms with Crippen LogP contribution in [0, 0.1) is 6.92 Å². The van der Waals surface area contributed by atoms with Crippen molar-refractivity contribution in [3.63, 3.8) is 0 Å². The summed E-state index contributed by atoms with van der Waals surface area (Å²) in [6.45, 7) is 14.0. The second kappa shape index (κ2) is 5.11. The zero-order chi connectivity index (χ0) is 15.3. The molecule has 0 aromatic heterocycles. The Bertz CT molecular complexity index is 522. The summed E-state index contributed by atoms with van der Waals surface area (Å²) in [5, 5.41) is 0. The first-order valence-electron chi connectivity index (χ1n) is 7.96. The van der Waals surface area contributed by atoms with Crippen molar-refractivity contribution in [1.29, 1.82) is 0 Å². The van der Waals surface area contributed by atoms with Crippen molar-refractivity contribution < 1.29 is 9.31 Å². The van der Waals surface area contributed by atoms with E-state index in [1.807, 2.05) is 0 Å². The fourth-order valence-electron chi connectivity index (χ4n) is 2.81. The largest absolute Gasteiger partial charge is 0.495 e. The van der Waals surface area contributed by atoms with Crippen LogP contribution in [0.3, 0.4) is 0 Å². The van der Waals surface area contributed by atoms with Crippen LogP contribution in [-0.2, 0) is 15.9 Å². The Labute approximate surface area is 128 Å². The second-order valence-electron chi connectivity index (χ2n) is 7.41. The summed E-state index contributed by atoms with van der Waals surface area (Å²) in [5.74, 6) is 0. The fraction of sp³-hybridized carbons (Fsp3) is 0.647. The third-order valence-electron chi connectivity index (χ3n) is 5.21. The van der Waals surface area contributed by atoms with Gasteiger partial charge in [-0.25, -0.2) is 0 Å². The van der Waals surface area contributed by atoms with Crippen molar-refractivity contribution in [1.82, 2.24) is 4.90 Å². The van der Waals surface area contributed by atoms with Gasteiger partial charge in [0.05, 0.1) is 11.2 Å². The molecule has 0 N–H and O–H groups in total. The predicted molar refractivity (Wildman–Crippen MR) is 86.8 cm³/mol. The first-order chi connectivity index (χ1) is 9.78. The molecule has 2 aliphatic rings. The van der Waals surface area contributed by atoms with Gasteiger partial charge in [-0.3, -0.25) is 4.90 Å². The van der Waals surface area contributed by atoms with Crippen LogP contribution >= 0.6 is 0 Å². The van der Waals surface area contributed by atoms with Crippen LogP contribution < -0.4 is 5.46 Å². The van der Waals surface area contributed by atoms with Gasteiger partial charge in [-0.1, -0.05) is 23.8 Å². The summed E-state index contributed by atoms with van der Waals surface area (Å²) in [4.78, 5) is 2.47. The third kappa shape index (κ3) is 2.77. The molecule has 0 spiro atoms. The fourth-order valence-corrected chi connectivity index (χ4v) is 2.81. The highest BCUT2D eigenvalue weighted by molar-refractivity contribution is 6.62. The minimum absolute atomic E-state index is 0.258. The molecule has 0 saturated carbocycles. The summed E-state index contributed by atoms with van der Waals surface area (Å²) >= 11 is 0. The summed E-state index contributed by atoms with van der Waals surface area (Å²) in [7, 11) is -0.258. The van der Waals surface area contributed by atoms with E-state index in [-0.39, 0.29) is 18.3 Å². The van der Waals surface area contributed by atoms with Crippen molar-refractivity contribution in [3.8, 4) is 0 Å². The Kier molecular flexibility index (Phi) is 3.67. The van der Waals surface area contributed by atoms with Gasteiger partial charge in [-0.2, -0.15) is 0 Å². The quantitative estimate of drug-likeness (QED) is 0.797. The molecule has 3 nitrogen and oxygen atoms in total. The lowest BCUT2D eigenvalue weighted by atomic mass is 9.75. The summed E-state index contributed by atoms with van der Waals surface area (Å²) in [5.41, 5.74) is 3.20. The monoisotopic (exact) mass is 287 g/mol. The second-order valence-corrected chi connectivity index (χ2v) is 7.41. The lowest BCUT2D eigenvalue weighted by Crippen LogP contribution is -2.41. The maximum absolute atomic E-state index is 6.20. The van der Waals surface area contributed by atoms with Crippen molar-refractivity contribution >= 4 is 12.6 Å². The van der Waals surface area contributed by atoms with E-state index < -0.39 is 0 Å². The lowest BCUT2D eigenvalue weighted by molar-refractivity contribution is 0.00578. The van der Waals surface area contributed by atoms with E-state index in [4.69, 9.17) is 9.31 Å². The molecule has 0 atom stereocenters. The SMILES string of the molecule is Cc1ccc(CN2CCC2)cc1B1OC(C)(C)C(C)(C)O1. The van der Waals surface area contributed by atoms with Crippen molar-refractivity contribution in [2.24, 2.45) is 0 Å². The molecule has 1 aromatic rings. The highest BCUT2D eigenvalue weighted by atomic mass is 16.7. The molecule has 2 heterocycles. The van der Waals surface area contributed by atoms with Gasteiger partial charge in [0.25, 0.3) is 0 Å². The molecule has 2 fully saturated rings. The Balaban J connectivity index is 1.83. The Hall–Kier alpha value is -0.835. The van der Waals surface area contributed by atoms with Gasteiger partial charge < -0.3 is 9.31 Å². The highest BCUT2D eigenvalue weighted by Gasteiger charge is 2.52. The smallest absolute Gasteiger partial charge is 0.399 e. The van der Waals surface area contributed by atoms with Crippen LogP contribution in [0.2, 0.25) is 0 Å². The van der Waals surface area contributed by atoms with Crippen LogP contribution in [0.4, 0.5) is 0 Å². The number of hydrogen-bond acceptors (Lipinski definition) is 3. The van der Waals surface area contributed by atoms with E-state index in [2.05, 4.69) is 57.7 Å². The number of aryl methyl sites for hydroxylation is 1. The standard InChI is InChI=1S/C17H26BNO2/c1-13-7-8-14(12-19-9-6-10-19)11-15(13)18-20-16(2,3)17(4,5)21-18/h7-8,11H,6,9-10,12H2,1-5H3. The first-order valence-corrected chi connectivity index (χ1v) is 7.96. The molecular formula is C17H26BNO2. The molecule has 0 amide bonds. The van der Waals surface area contributed by atoms with Crippen LogP contribution in [0.25, 0.3) is 0 Å². The molecular weight excluding hydrogens is 261 g/mol. The maximum atomic E-state index is 6.20. The zero-order valence-corrected chi connectivity index (χ0v) is 13.9. The van der Waals surface area contributed by atoms with E-state index in [1.165, 1.54) is 36.1 Å². The molecule has 3 rings (SSSR count). The van der Waals surface area contributed by atoms with Crippen molar-refractivity contribution in [2.45, 2.75) is 58.8 Å². The van der Waals surface area contributed by atoms with Gasteiger partial charge in [0.2, 0.25) is 0 Å². The third-order valence-corrected chi connectivity index (χ3v) is 5.21. The van der Waals surface area contributed by atoms with Crippen LogP contribution in [0.5, 0.6) is 0 Å². The van der Waals surface area contributed by atoms with Crippen LogP contribution in [0.15, 0.2) is 18.2 Å². The number of nitrogens with zero attached hydrogens (tertiary/aromatic N) is 1.